The summed E-state index contributed by atoms with van der Waals surface area (Å²) in [6.07, 6.45) is 3.71. The van der Waals surface area contributed by atoms with E-state index in [0.29, 0.717) is 18.7 Å². The molecule has 122 valence electrons. The molecular weight excluding hydrogens is 292 g/mol. The average Bonchev–Trinajstić information content (AvgIpc) is 3.00. The Morgan fingerprint density at radius 2 is 2.17 bits per heavy atom. The van der Waals surface area contributed by atoms with E-state index in [1.54, 1.807) is 18.3 Å². The van der Waals surface area contributed by atoms with E-state index in [1.807, 2.05) is 34.8 Å². The third kappa shape index (κ3) is 3.13. The highest BCUT2D eigenvalue weighted by molar-refractivity contribution is 5.94. The van der Waals surface area contributed by atoms with Gasteiger partial charge in [0, 0.05) is 44.6 Å². The van der Waals surface area contributed by atoms with Crippen molar-refractivity contribution in [3.05, 3.63) is 53.6 Å². The van der Waals surface area contributed by atoms with Crippen molar-refractivity contribution in [2.75, 3.05) is 26.7 Å². The summed E-state index contributed by atoms with van der Waals surface area (Å²) < 4.78 is 2.00. The van der Waals surface area contributed by atoms with E-state index in [-0.39, 0.29) is 18.6 Å². The van der Waals surface area contributed by atoms with E-state index in [4.69, 9.17) is 0 Å². The van der Waals surface area contributed by atoms with Crippen LogP contribution in [0.25, 0.3) is 0 Å². The van der Waals surface area contributed by atoms with Crippen LogP contribution in [-0.2, 0) is 13.7 Å². The number of benzene rings is 1. The second kappa shape index (κ2) is 6.52. The molecule has 23 heavy (non-hydrogen) atoms. The quantitative estimate of drug-likeness (QED) is 0.919. The minimum Gasteiger partial charge on any atom is -0.392 e. The van der Waals surface area contributed by atoms with Crippen molar-refractivity contribution in [3.63, 3.8) is 0 Å². The van der Waals surface area contributed by atoms with Gasteiger partial charge in [-0.05, 0) is 24.7 Å². The van der Waals surface area contributed by atoms with Crippen LogP contribution in [0.2, 0.25) is 0 Å². The zero-order valence-electron chi connectivity index (χ0n) is 13.5. The molecule has 1 fully saturated rings. The molecule has 1 atom stereocenters. The van der Waals surface area contributed by atoms with Crippen LogP contribution < -0.4 is 0 Å². The highest BCUT2D eigenvalue weighted by atomic mass is 16.3. The predicted octanol–water partition coefficient (Wildman–Crippen LogP) is 1.04. The molecule has 0 radical (unpaired) electrons. The Bertz CT molecular complexity index is 697. The summed E-state index contributed by atoms with van der Waals surface area (Å²) in [5.74, 6) is 0.974. The fourth-order valence-corrected chi connectivity index (χ4v) is 3.02. The van der Waals surface area contributed by atoms with Gasteiger partial charge in [0.1, 0.15) is 5.82 Å². The molecule has 1 saturated heterocycles. The maximum Gasteiger partial charge on any atom is 0.253 e. The van der Waals surface area contributed by atoms with Crippen LogP contribution in [0, 0.1) is 0 Å². The van der Waals surface area contributed by atoms with E-state index < -0.39 is 0 Å². The summed E-state index contributed by atoms with van der Waals surface area (Å²) in [6, 6.07) is 7.28. The number of aromatic nitrogens is 2. The number of aliphatic hydroxyl groups excluding tert-OH is 1. The first kappa shape index (κ1) is 15.7. The number of rotatable bonds is 3. The number of carbonyl (C=O) groups excluding carboxylic acids is 1. The second-order valence-electron chi connectivity index (χ2n) is 6.00. The Labute approximate surface area is 136 Å². The molecule has 6 nitrogen and oxygen atoms in total. The lowest BCUT2D eigenvalue weighted by atomic mass is 10.1. The first-order chi connectivity index (χ1) is 11.1. The molecule has 1 aromatic heterocycles. The van der Waals surface area contributed by atoms with Crippen molar-refractivity contribution in [2.45, 2.75) is 12.6 Å². The third-order valence-electron chi connectivity index (χ3n) is 4.45. The maximum atomic E-state index is 12.8. The third-order valence-corrected chi connectivity index (χ3v) is 4.45. The topological polar surface area (TPSA) is 61.6 Å². The number of likely N-dealkylation sites (N-methyl/N-ethyl adjacent to an activating group) is 1. The monoisotopic (exact) mass is 314 g/mol. The fraction of sp³-hybridized carbons (Fsp3) is 0.412. The number of piperazine rings is 1. The molecule has 0 spiro atoms. The Morgan fingerprint density at radius 3 is 2.87 bits per heavy atom. The highest BCUT2D eigenvalue weighted by Gasteiger charge is 2.31. The Kier molecular flexibility index (Phi) is 4.45. The molecule has 6 heteroatoms. The van der Waals surface area contributed by atoms with Gasteiger partial charge in [-0.25, -0.2) is 4.98 Å². The number of aryl methyl sites for hydroxylation is 1. The second-order valence-corrected chi connectivity index (χ2v) is 6.00. The van der Waals surface area contributed by atoms with Crippen LogP contribution in [-0.4, -0.2) is 57.0 Å². The summed E-state index contributed by atoms with van der Waals surface area (Å²) in [5.41, 5.74) is 1.38. The molecule has 2 heterocycles. The van der Waals surface area contributed by atoms with Crippen molar-refractivity contribution in [1.82, 2.24) is 19.4 Å². The summed E-state index contributed by atoms with van der Waals surface area (Å²) in [6.45, 7) is 2.06. The first-order valence-corrected chi connectivity index (χ1v) is 7.76. The minimum atomic E-state index is -0.0558. The van der Waals surface area contributed by atoms with Crippen molar-refractivity contribution in [2.24, 2.45) is 7.05 Å². The van der Waals surface area contributed by atoms with Crippen LogP contribution in [0.1, 0.15) is 27.8 Å². The van der Waals surface area contributed by atoms with Gasteiger partial charge in [-0.1, -0.05) is 12.1 Å². The number of aliphatic hydroxyl groups is 1. The van der Waals surface area contributed by atoms with E-state index in [0.717, 1.165) is 17.9 Å². The van der Waals surface area contributed by atoms with Crippen LogP contribution in [0.4, 0.5) is 0 Å². The number of amides is 1. The Hall–Kier alpha value is -2.18. The van der Waals surface area contributed by atoms with Gasteiger partial charge in [0.05, 0.1) is 12.6 Å². The van der Waals surface area contributed by atoms with Gasteiger partial charge in [0.25, 0.3) is 5.91 Å². The molecule has 2 aromatic rings. The molecule has 0 bridgehead atoms. The summed E-state index contributed by atoms with van der Waals surface area (Å²) >= 11 is 0. The largest absolute Gasteiger partial charge is 0.392 e. The summed E-state index contributed by atoms with van der Waals surface area (Å²) in [7, 11) is 4.04. The zero-order valence-corrected chi connectivity index (χ0v) is 13.5. The lowest BCUT2D eigenvalue weighted by molar-refractivity contribution is 0.0528. The van der Waals surface area contributed by atoms with E-state index in [1.165, 1.54) is 0 Å². The van der Waals surface area contributed by atoms with E-state index >= 15 is 0 Å². The van der Waals surface area contributed by atoms with Gasteiger partial charge in [-0.2, -0.15) is 0 Å². The molecule has 1 amide bonds. The van der Waals surface area contributed by atoms with Crippen LogP contribution >= 0.6 is 0 Å². The lowest BCUT2D eigenvalue weighted by Crippen LogP contribution is -2.49. The molecule has 1 N–H and O–H groups in total. The predicted molar refractivity (Wildman–Crippen MR) is 86.8 cm³/mol. The number of hydrogen-bond donors (Lipinski definition) is 1. The van der Waals surface area contributed by atoms with Crippen LogP contribution in [0.3, 0.4) is 0 Å². The van der Waals surface area contributed by atoms with E-state index in [9.17, 15) is 9.90 Å². The molecule has 0 saturated carbocycles. The van der Waals surface area contributed by atoms with Crippen molar-refractivity contribution in [3.8, 4) is 0 Å². The molecular formula is C17H22N4O2. The van der Waals surface area contributed by atoms with Crippen LogP contribution in [0.5, 0.6) is 0 Å². The molecule has 1 aliphatic rings. The van der Waals surface area contributed by atoms with Crippen molar-refractivity contribution >= 4 is 5.91 Å². The first-order valence-electron chi connectivity index (χ1n) is 7.76. The summed E-state index contributed by atoms with van der Waals surface area (Å²) in [4.78, 5) is 21.3. The van der Waals surface area contributed by atoms with Gasteiger partial charge in [-0.15, -0.1) is 0 Å². The number of hydrogen-bond acceptors (Lipinski definition) is 4. The van der Waals surface area contributed by atoms with Gasteiger partial charge in [0.2, 0.25) is 0 Å². The Balaban J connectivity index is 1.80. The SMILES string of the molecule is CN1CCN(C(=O)c2cccc(CO)c2)CC1c1nccn1C. The standard InChI is InChI=1S/C17H22N4O2/c1-19-8-9-21(11-15(19)16-18-6-7-20(16)2)17(23)14-5-3-4-13(10-14)12-22/h3-7,10,15,22H,8-9,11-12H2,1-2H3. The molecule has 1 unspecified atom stereocenters. The molecule has 1 aromatic carbocycles. The van der Waals surface area contributed by atoms with Gasteiger partial charge < -0.3 is 14.6 Å². The van der Waals surface area contributed by atoms with Crippen LogP contribution in [0.15, 0.2) is 36.7 Å². The van der Waals surface area contributed by atoms with E-state index in [2.05, 4.69) is 16.9 Å². The van der Waals surface area contributed by atoms with Gasteiger partial charge in [0.15, 0.2) is 0 Å². The number of nitrogens with zero attached hydrogens (tertiary/aromatic N) is 4. The van der Waals surface area contributed by atoms with Gasteiger partial charge in [-0.3, -0.25) is 9.69 Å². The average molecular weight is 314 g/mol. The maximum absolute atomic E-state index is 12.8. The van der Waals surface area contributed by atoms with Crippen molar-refractivity contribution in [1.29, 1.82) is 0 Å². The van der Waals surface area contributed by atoms with Crippen molar-refractivity contribution < 1.29 is 9.90 Å². The minimum absolute atomic E-state index is 0.00705. The highest BCUT2D eigenvalue weighted by Crippen LogP contribution is 2.23. The lowest BCUT2D eigenvalue weighted by Gasteiger charge is -2.39. The number of imidazole rings is 1. The van der Waals surface area contributed by atoms with Gasteiger partial charge >= 0.3 is 0 Å². The molecule has 0 aliphatic carbocycles. The number of carbonyl (C=O) groups is 1. The zero-order chi connectivity index (χ0) is 16.4. The molecule has 1 aliphatic heterocycles. The smallest absolute Gasteiger partial charge is 0.253 e. The molecule has 3 rings (SSSR count). The fourth-order valence-electron chi connectivity index (χ4n) is 3.02. The summed E-state index contributed by atoms with van der Waals surface area (Å²) in [5, 5.41) is 9.24. The Morgan fingerprint density at radius 1 is 1.35 bits per heavy atom. The normalized spacial score (nSPS) is 19.1.